The predicted molar refractivity (Wildman–Crippen MR) is 52.3 cm³/mol. The third-order valence-electron chi connectivity index (χ3n) is 1.94. The van der Waals surface area contributed by atoms with E-state index in [0.717, 1.165) is 0 Å². The van der Waals surface area contributed by atoms with Crippen LogP contribution < -0.4 is 60.9 Å². The van der Waals surface area contributed by atoms with Crippen LogP contribution in [0.3, 0.4) is 0 Å². The first-order valence-electron chi connectivity index (χ1n) is 4.38. The quantitative estimate of drug-likeness (QED) is 0.686. The molecule has 0 aliphatic carbocycles. The number of benzene rings is 1. The summed E-state index contributed by atoms with van der Waals surface area (Å²) in [6.45, 7) is -4.87. The first-order chi connectivity index (χ1) is 6.96. The van der Waals surface area contributed by atoms with Crippen molar-refractivity contribution >= 4 is 6.98 Å². The number of rotatable bonds is 4. The molecule has 2 nitrogen and oxygen atoms in total. The Morgan fingerprint density at radius 3 is 2.19 bits per heavy atom. The van der Waals surface area contributed by atoms with Crippen LogP contribution in [0, 0.1) is 0 Å². The summed E-state index contributed by atoms with van der Waals surface area (Å²) in [5.41, 5.74) is 0.101. The molecule has 0 N–H and O–H groups in total. The van der Waals surface area contributed by atoms with E-state index in [1.165, 1.54) is 26.4 Å². The molecule has 0 heterocycles. The van der Waals surface area contributed by atoms with Gasteiger partial charge in [0, 0.05) is 0 Å². The fourth-order valence-corrected chi connectivity index (χ4v) is 1.29. The second-order valence-electron chi connectivity index (χ2n) is 3.09. The minimum atomic E-state index is -4.87. The molecule has 0 atom stereocenters. The van der Waals surface area contributed by atoms with E-state index in [4.69, 9.17) is 9.47 Å². The fraction of sp³-hybridized carbons (Fsp3) is 0.333. The maximum Gasteiger partial charge on any atom is 1.00 e. The Kier molecular flexibility index (Phi) is 7.04. The largest absolute Gasteiger partial charge is 1.00 e. The first kappa shape index (κ1) is 16.3. The van der Waals surface area contributed by atoms with Crippen LogP contribution >= 0.6 is 0 Å². The molecule has 0 saturated heterocycles. The van der Waals surface area contributed by atoms with Gasteiger partial charge >= 0.3 is 58.4 Å². The number of ether oxygens (including phenoxy) is 2. The number of hydrogen-bond acceptors (Lipinski definition) is 2. The van der Waals surface area contributed by atoms with Gasteiger partial charge in [-0.2, -0.15) is 0 Å². The first-order valence-corrected chi connectivity index (χ1v) is 4.38. The van der Waals surface area contributed by atoms with Crippen molar-refractivity contribution in [3.05, 3.63) is 23.8 Å². The molecule has 0 saturated carbocycles. The van der Waals surface area contributed by atoms with Gasteiger partial charge in [-0.3, -0.25) is 0 Å². The third kappa shape index (κ3) is 5.09. The van der Waals surface area contributed by atoms with Crippen LogP contribution in [0.5, 0.6) is 11.5 Å². The van der Waals surface area contributed by atoms with Crippen LogP contribution in [0.2, 0.25) is 0 Å². The number of methoxy groups -OCH3 is 2. The summed E-state index contributed by atoms with van der Waals surface area (Å²) < 4.78 is 46.5. The molecule has 0 bridgehead atoms. The van der Waals surface area contributed by atoms with Gasteiger partial charge in [0.05, 0.1) is 14.2 Å². The molecule has 0 unspecified atom stereocenters. The molecule has 16 heavy (non-hydrogen) atoms. The molecular weight excluding hydrogens is 247 g/mol. The molecule has 0 fully saturated rings. The minimum Gasteiger partial charge on any atom is -0.497 e. The molecule has 7 heteroatoms. The van der Waals surface area contributed by atoms with Crippen molar-refractivity contribution in [3.63, 3.8) is 0 Å². The van der Waals surface area contributed by atoms with Gasteiger partial charge in [-0.05, 0) is 23.8 Å². The smallest absolute Gasteiger partial charge is 0.497 e. The third-order valence-corrected chi connectivity index (χ3v) is 1.94. The molecular formula is C9H11BF3KO2. The summed E-state index contributed by atoms with van der Waals surface area (Å²) in [5, 5.41) is 0. The molecule has 0 aliphatic heterocycles. The van der Waals surface area contributed by atoms with E-state index in [0.29, 0.717) is 5.75 Å². The summed E-state index contributed by atoms with van der Waals surface area (Å²) in [7, 11) is 2.75. The molecule has 0 spiro atoms. The van der Waals surface area contributed by atoms with Crippen molar-refractivity contribution < 1.29 is 73.8 Å². The maximum atomic E-state index is 12.3. The Bertz CT molecular complexity index is 344. The van der Waals surface area contributed by atoms with Crippen LogP contribution in [0.15, 0.2) is 18.2 Å². The Morgan fingerprint density at radius 2 is 1.75 bits per heavy atom. The van der Waals surface area contributed by atoms with Crippen LogP contribution in [0.25, 0.3) is 0 Å². The van der Waals surface area contributed by atoms with Crippen LogP contribution in [0.1, 0.15) is 5.56 Å². The van der Waals surface area contributed by atoms with Crippen LogP contribution in [0.4, 0.5) is 12.9 Å². The normalized spacial score (nSPS) is 10.6. The number of halogens is 3. The molecule has 1 rings (SSSR count). The van der Waals surface area contributed by atoms with Crippen molar-refractivity contribution in [2.45, 2.75) is 6.32 Å². The van der Waals surface area contributed by atoms with Gasteiger partial charge in [0.15, 0.2) is 0 Å². The summed E-state index contributed by atoms with van der Waals surface area (Å²) in [6.07, 6.45) is -0.958. The topological polar surface area (TPSA) is 18.5 Å². The molecule has 1 aromatic carbocycles. The summed E-state index contributed by atoms with van der Waals surface area (Å²) in [6, 6.07) is 4.37. The van der Waals surface area contributed by atoms with Gasteiger partial charge in [0.1, 0.15) is 11.5 Å². The van der Waals surface area contributed by atoms with Crippen LogP contribution in [-0.4, -0.2) is 21.2 Å². The maximum absolute atomic E-state index is 12.3. The minimum absolute atomic E-state index is 0. The van der Waals surface area contributed by atoms with E-state index >= 15 is 0 Å². The van der Waals surface area contributed by atoms with Gasteiger partial charge in [-0.1, -0.05) is 6.32 Å². The van der Waals surface area contributed by atoms with E-state index in [1.54, 1.807) is 6.07 Å². The van der Waals surface area contributed by atoms with Crippen molar-refractivity contribution in [2.24, 2.45) is 0 Å². The average Bonchev–Trinajstić information content (AvgIpc) is 2.15. The van der Waals surface area contributed by atoms with Gasteiger partial charge in [-0.15, -0.1) is 0 Å². The zero-order chi connectivity index (χ0) is 11.5. The predicted octanol–water partition coefficient (Wildman–Crippen LogP) is -0.363. The molecule has 84 valence electrons. The second-order valence-corrected chi connectivity index (χ2v) is 3.09. The summed E-state index contributed by atoms with van der Waals surface area (Å²) >= 11 is 0. The van der Waals surface area contributed by atoms with Gasteiger partial charge < -0.3 is 22.4 Å². The van der Waals surface area contributed by atoms with E-state index in [-0.39, 0.29) is 62.7 Å². The Morgan fingerprint density at radius 1 is 1.12 bits per heavy atom. The zero-order valence-corrected chi connectivity index (χ0v) is 12.6. The monoisotopic (exact) mass is 258 g/mol. The standard InChI is InChI=1S/C9H11BF3O2.K/c1-14-8-3-4-9(15-2)7(5-8)6-10(11,12)13;/h3-5H,6H2,1-2H3;/q-1;+1. The number of hydrogen-bond donors (Lipinski definition) is 0. The van der Waals surface area contributed by atoms with Crippen LogP contribution in [-0.2, 0) is 6.32 Å². The van der Waals surface area contributed by atoms with E-state index < -0.39 is 13.3 Å². The van der Waals surface area contributed by atoms with Crippen molar-refractivity contribution in [1.29, 1.82) is 0 Å². The Labute approximate surface area is 135 Å². The molecule has 0 aliphatic rings. The second kappa shape index (κ2) is 6.90. The molecule has 0 radical (unpaired) electrons. The van der Waals surface area contributed by atoms with Gasteiger partial charge in [0.2, 0.25) is 0 Å². The molecule has 0 amide bonds. The van der Waals surface area contributed by atoms with Gasteiger partial charge in [-0.25, -0.2) is 0 Å². The van der Waals surface area contributed by atoms with Crippen molar-refractivity contribution in [3.8, 4) is 11.5 Å². The zero-order valence-electron chi connectivity index (χ0n) is 9.47. The fourth-order valence-electron chi connectivity index (χ4n) is 1.29. The Hall–Kier alpha value is 0.311. The summed E-state index contributed by atoms with van der Waals surface area (Å²) in [4.78, 5) is 0. The SMILES string of the molecule is COc1ccc(OC)c(C[B-](F)(F)F)c1.[K+]. The summed E-state index contributed by atoms with van der Waals surface area (Å²) in [5.74, 6) is 0.626. The van der Waals surface area contributed by atoms with E-state index in [9.17, 15) is 12.9 Å². The average molecular weight is 258 g/mol. The van der Waals surface area contributed by atoms with E-state index in [1.807, 2.05) is 0 Å². The van der Waals surface area contributed by atoms with E-state index in [2.05, 4.69) is 0 Å². The van der Waals surface area contributed by atoms with Gasteiger partial charge in [0.25, 0.3) is 0 Å². The van der Waals surface area contributed by atoms with Crippen molar-refractivity contribution in [1.82, 2.24) is 0 Å². The van der Waals surface area contributed by atoms with Crippen molar-refractivity contribution in [2.75, 3.05) is 14.2 Å². The Balaban J connectivity index is 0.00000225. The molecule has 1 aromatic rings. The molecule has 0 aromatic heterocycles.